The number of amides is 2. The first-order chi connectivity index (χ1) is 20.5. The Balaban J connectivity index is 0.00000529. The summed E-state index contributed by atoms with van der Waals surface area (Å²) in [6.07, 6.45) is 1.58. The van der Waals surface area contributed by atoms with Crippen LogP contribution in [-0.2, 0) is 22.2 Å². The quantitative estimate of drug-likeness (QED) is 0.225. The maximum Gasteiger partial charge on any atom is 0.416 e. The molecule has 0 bridgehead atoms. The van der Waals surface area contributed by atoms with Gasteiger partial charge in [0.1, 0.15) is 6.04 Å². The Kier molecular flexibility index (Phi) is 12.5. The van der Waals surface area contributed by atoms with Gasteiger partial charge in [-0.25, -0.2) is 0 Å². The van der Waals surface area contributed by atoms with E-state index in [1.807, 2.05) is 6.07 Å². The molecule has 1 aliphatic heterocycles. The van der Waals surface area contributed by atoms with Gasteiger partial charge in [-0.15, -0.1) is 12.4 Å². The van der Waals surface area contributed by atoms with Crippen LogP contribution in [0.1, 0.15) is 73.1 Å². The van der Waals surface area contributed by atoms with E-state index in [2.05, 4.69) is 10.6 Å². The smallest absolute Gasteiger partial charge is 0.370 e. The molecular formula is C32H40ClF3N6O2. The zero-order chi connectivity index (χ0) is 31.0. The van der Waals surface area contributed by atoms with Gasteiger partial charge >= 0.3 is 6.18 Å². The van der Waals surface area contributed by atoms with Crippen LogP contribution in [0.2, 0.25) is 0 Å². The average molecular weight is 633 g/mol. The molecule has 2 aromatic rings. The van der Waals surface area contributed by atoms with Crippen molar-refractivity contribution in [3.8, 4) is 6.07 Å². The molecule has 1 saturated carbocycles. The molecule has 2 amide bonds. The topological polar surface area (TPSA) is 135 Å². The number of halogens is 4. The first-order valence-corrected chi connectivity index (χ1v) is 14.9. The molecule has 0 radical (unpaired) electrons. The van der Waals surface area contributed by atoms with E-state index in [9.17, 15) is 22.8 Å². The third-order valence-electron chi connectivity index (χ3n) is 8.68. The third-order valence-corrected chi connectivity index (χ3v) is 8.68. The predicted molar refractivity (Wildman–Crippen MR) is 164 cm³/mol. The summed E-state index contributed by atoms with van der Waals surface area (Å²) in [7, 11) is 0. The van der Waals surface area contributed by atoms with Crippen molar-refractivity contribution < 1.29 is 22.8 Å². The van der Waals surface area contributed by atoms with E-state index in [1.54, 1.807) is 29.2 Å². The Morgan fingerprint density at radius 2 is 1.68 bits per heavy atom. The summed E-state index contributed by atoms with van der Waals surface area (Å²) >= 11 is 0. The van der Waals surface area contributed by atoms with Crippen molar-refractivity contribution in [2.24, 2.45) is 17.6 Å². The molecule has 2 aliphatic rings. The van der Waals surface area contributed by atoms with Gasteiger partial charge in [0.15, 0.2) is 5.96 Å². The number of guanidine groups is 1. The SMILES string of the molecule is Cl.N#Cc1ccc(CC(C(=O)NC(C(=O)NCC2CCN(C(=N)N)CC2)C2CCCCC2)c2cccc(C(F)(F)F)c2)cc1. The number of nitrogens with one attached hydrogen (secondary N) is 3. The number of alkyl halides is 3. The van der Waals surface area contributed by atoms with Gasteiger partial charge in [-0.1, -0.05) is 49.6 Å². The molecule has 0 spiro atoms. The molecule has 1 aliphatic carbocycles. The number of nitriles is 1. The Hall–Kier alpha value is -3.78. The van der Waals surface area contributed by atoms with E-state index in [0.29, 0.717) is 30.8 Å². The van der Waals surface area contributed by atoms with Crippen LogP contribution < -0.4 is 16.4 Å². The van der Waals surface area contributed by atoms with Crippen LogP contribution in [0.25, 0.3) is 0 Å². The van der Waals surface area contributed by atoms with E-state index >= 15 is 0 Å². The standard InChI is InChI=1S/C32H39F3N6O2.ClH/c33-32(34,35)26-8-4-7-25(18-26)27(17-21-9-11-22(19-36)12-10-21)29(42)40-28(24-5-2-1-3-6-24)30(43)39-20-23-13-15-41(16-14-23)31(37)38;/h4,7-12,18,23-24,27-28H,1-3,5-6,13-17,20H2,(H3,37,38)(H,39,43)(H,40,42);1H. The summed E-state index contributed by atoms with van der Waals surface area (Å²) in [5, 5.41) is 22.7. The molecule has 1 heterocycles. The van der Waals surface area contributed by atoms with E-state index in [0.717, 1.165) is 57.1 Å². The summed E-state index contributed by atoms with van der Waals surface area (Å²) in [5.74, 6) is -1.59. The summed E-state index contributed by atoms with van der Waals surface area (Å²) in [6, 6.07) is 12.6. The lowest BCUT2D eigenvalue weighted by Crippen LogP contribution is -2.53. The van der Waals surface area contributed by atoms with E-state index in [-0.39, 0.29) is 48.1 Å². The highest BCUT2D eigenvalue weighted by Crippen LogP contribution is 2.33. The first kappa shape index (κ1) is 34.7. The Morgan fingerprint density at radius 3 is 2.27 bits per heavy atom. The minimum Gasteiger partial charge on any atom is -0.370 e. The molecular weight excluding hydrogens is 593 g/mol. The van der Waals surface area contributed by atoms with Crippen molar-refractivity contribution in [1.29, 1.82) is 10.7 Å². The monoisotopic (exact) mass is 632 g/mol. The number of piperidine rings is 1. The lowest BCUT2D eigenvalue weighted by atomic mass is 9.82. The third kappa shape index (κ3) is 9.36. The van der Waals surface area contributed by atoms with E-state index in [4.69, 9.17) is 16.4 Å². The second-order valence-corrected chi connectivity index (χ2v) is 11.6. The minimum atomic E-state index is -4.57. The fourth-order valence-corrected chi connectivity index (χ4v) is 6.10. The minimum absolute atomic E-state index is 0. The normalized spacial score (nSPS) is 17.5. The number of benzene rings is 2. The summed E-state index contributed by atoms with van der Waals surface area (Å²) < 4.78 is 40.8. The number of hydrogen-bond acceptors (Lipinski definition) is 4. The lowest BCUT2D eigenvalue weighted by molar-refractivity contribution is -0.137. The molecule has 238 valence electrons. The van der Waals surface area contributed by atoms with Gasteiger partial charge < -0.3 is 21.3 Å². The molecule has 8 nitrogen and oxygen atoms in total. The van der Waals surface area contributed by atoms with Gasteiger partial charge in [-0.3, -0.25) is 15.0 Å². The second kappa shape index (κ2) is 15.8. The van der Waals surface area contributed by atoms with Gasteiger partial charge in [-0.05, 0) is 73.3 Å². The molecule has 1 saturated heterocycles. The number of hydrogen-bond donors (Lipinski definition) is 4. The van der Waals surface area contributed by atoms with Crippen molar-refractivity contribution in [1.82, 2.24) is 15.5 Å². The number of likely N-dealkylation sites (tertiary alicyclic amines) is 1. The molecule has 0 aromatic heterocycles. The largest absolute Gasteiger partial charge is 0.416 e. The molecule has 5 N–H and O–H groups in total. The van der Waals surface area contributed by atoms with E-state index in [1.165, 1.54) is 12.1 Å². The van der Waals surface area contributed by atoms with Crippen molar-refractivity contribution in [2.75, 3.05) is 19.6 Å². The molecule has 2 aromatic carbocycles. The van der Waals surface area contributed by atoms with Crippen molar-refractivity contribution in [3.05, 3.63) is 70.8 Å². The van der Waals surface area contributed by atoms with Crippen LogP contribution in [-0.4, -0.2) is 48.3 Å². The fraction of sp³-hybridized carbons (Fsp3) is 0.500. The molecule has 44 heavy (non-hydrogen) atoms. The van der Waals surface area contributed by atoms with Crippen LogP contribution >= 0.6 is 12.4 Å². The number of rotatable bonds is 9. The average Bonchev–Trinajstić information content (AvgIpc) is 3.01. The predicted octanol–water partition coefficient (Wildman–Crippen LogP) is 5.11. The van der Waals surface area contributed by atoms with Crippen molar-refractivity contribution in [2.45, 2.75) is 69.5 Å². The zero-order valence-electron chi connectivity index (χ0n) is 24.5. The Bertz CT molecular complexity index is 1320. The molecule has 2 atom stereocenters. The molecule has 12 heteroatoms. The van der Waals surface area contributed by atoms with E-state index < -0.39 is 29.6 Å². The van der Waals surface area contributed by atoms with Crippen LogP contribution in [0, 0.1) is 28.6 Å². The van der Waals surface area contributed by atoms with Crippen molar-refractivity contribution in [3.63, 3.8) is 0 Å². The maximum atomic E-state index is 13.9. The molecule has 2 unspecified atom stereocenters. The fourth-order valence-electron chi connectivity index (χ4n) is 6.10. The van der Waals surface area contributed by atoms with Crippen LogP contribution in [0.5, 0.6) is 0 Å². The summed E-state index contributed by atoms with van der Waals surface area (Å²) in [4.78, 5) is 29.3. The van der Waals surface area contributed by atoms with Gasteiger partial charge in [0.2, 0.25) is 11.8 Å². The van der Waals surface area contributed by atoms with Gasteiger partial charge in [0.05, 0.1) is 23.1 Å². The number of nitrogens with two attached hydrogens (primary N) is 1. The highest BCUT2D eigenvalue weighted by Gasteiger charge is 2.35. The first-order valence-electron chi connectivity index (χ1n) is 14.9. The highest BCUT2D eigenvalue weighted by atomic mass is 35.5. The number of nitrogens with zero attached hydrogens (tertiary/aromatic N) is 2. The van der Waals surface area contributed by atoms with Crippen molar-refractivity contribution >= 4 is 30.2 Å². The summed E-state index contributed by atoms with van der Waals surface area (Å²) in [6.45, 7) is 1.73. The van der Waals surface area contributed by atoms with Crippen LogP contribution in [0.3, 0.4) is 0 Å². The summed E-state index contributed by atoms with van der Waals surface area (Å²) in [5.41, 5.74) is 6.07. The Labute approximate surface area is 262 Å². The Morgan fingerprint density at radius 1 is 1.02 bits per heavy atom. The maximum absolute atomic E-state index is 13.9. The van der Waals surface area contributed by atoms with Gasteiger partial charge in [-0.2, -0.15) is 18.4 Å². The molecule has 2 fully saturated rings. The zero-order valence-corrected chi connectivity index (χ0v) is 25.4. The van der Waals surface area contributed by atoms with Crippen LogP contribution in [0.4, 0.5) is 13.2 Å². The van der Waals surface area contributed by atoms with Crippen LogP contribution in [0.15, 0.2) is 48.5 Å². The number of carbonyl (C=O) groups is 2. The lowest BCUT2D eigenvalue weighted by Gasteiger charge is -2.34. The molecule has 4 rings (SSSR count). The second-order valence-electron chi connectivity index (χ2n) is 11.6. The highest BCUT2D eigenvalue weighted by molar-refractivity contribution is 5.91. The van der Waals surface area contributed by atoms with Gasteiger partial charge in [0.25, 0.3) is 0 Å². The number of carbonyl (C=O) groups excluding carboxylic acids is 2. The van der Waals surface area contributed by atoms with Gasteiger partial charge in [0, 0.05) is 19.6 Å².